The molecule has 1 aromatic heterocycles. The van der Waals surface area contributed by atoms with Gasteiger partial charge in [-0.2, -0.15) is 0 Å². The first-order valence-corrected chi connectivity index (χ1v) is 6.03. The minimum Gasteiger partial charge on any atom is -0.384 e. The number of rotatable bonds is 4. The van der Waals surface area contributed by atoms with Gasteiger partial charge in [-0.3, -0.25) is 4.98 Å². The van der Waals surface area contributed by atoms with E-state index in [1.807, 2.05) is 49.6 Å². The van der Waals surface area contributed by atoms with Crippen LogP contribution < -0.4 is 5.32 Å². The number of nitrogens with one attached hydrogen (secondary N) is 1. The van der Waals surface area contributed by atoms with Crippen LogP contribution in [-0.4, -0.2) is 11.5 Å². The molecule has 0 aliphatic heterocycles. The van der Waals surface area contributed by atoms with Gasteiger partial charge in [0.1, 0.15) is 0 Å². The van der Waals surface area contributed by atoms with Gasteiger partial charge in [0.25, 0.3) is 0 Å². The Morgan fingerprint density at radius 1 is 1.18 bits per heavy atom. The molecule has 1 aromatic carbocycles. The molecule has 0 amide bonds. The second-order valence-electron chi connectivity index (χ2n) is 3.94. The van der Waals surface area contributed by atoms with Crippen molar-refractivity contribution in [3.05, 3.63) is 58.9 Å². The molecule has 0 unspecified atom stereocenters. The smallest absolute Gasteiger partial charge is 0.0455 e. The summed E-state index contributed by atoms with van der Waals surface area (Å²) in [4.78, 5) is 4.00. The monoisotopic (exact) mass is 246 g/mol. The highest BCUT2D eigenvalue weighted by Crippen LogP contribution is 2.22. The van der Waals surface area contributed by atoms with Crippen LogP contribution >= 0.6 is 11.6 Å². The molecule has 0 radical (unpaired) electrons. The van der Waals surface area contributed by atoms with Crippen LogP contribution in [0.2, 0.25) is 5.02 Å². The van der Waals surface area contributed by atoms with E-state index in [4.69, 9.17) is 11.6 Å². The molecule has 2 nitrogen and oxygen atoms in total. The maximum absolute atomic E-state index is 6.06. The van der Waals surface area contributed by atoms with Crippen molar-refractivity contribution in [3.8, 4) is 0 Å². The molecule has 0 bridgehead atoms. The molecule has 3 heteroatoms. The fourth-order valence-electron chi connectivity index (χ4n) is 1.69. The number of anilines is 1. The normalized spacial score (nSPS) is 10.2. The number of hydrogen-bond donors (Lipinski definition) is 1. The summed E-state index contributed by atoms with van der Waals surface area (Å²) in [5.74, 6) is 0. The average Bonchev–Trinajstić information content (AvgIpc) is 2.36. The first-order valence-electron chi connectivity index (χ1n) is 5.65. The third kappa shape index (κ3) is 3.21. The molecule has 0 aliphatic carbocycles. The largest absolute Gasteiger partial charge is 0.384 e. The highest BCUT2D eigenvalue weighted by atomic mass is 35.5. The van der Waals surface area contributed by atoms with Crippen LogP contribution in [0.4, 0.5) is 5.69 Å². The lowest BCUT2D eigenvalue weighted by Crippen LogP contribution is -2.06. The Bertz CT molecular complexity index is 483. The van der Waals surface area contributed by atoms with E-state index in [-0.39, 0.29) is 0 Å². The third-order valence-electron chi connectivity index (χ3n) is 2.75. The van der Waals surface area contributed by atoms with Crippen molar-refractivity contribution in [2.75, 3.05) is 11.9 Å². The molecule has 1 N–H and O–H groups in total. The number of benzene rings is 1. The standard InChI is InChI=1S/C14H15ClN2/c1-11-13(15)3-2-4-14(11)17-10-7-12-5-8-16-9-6-12/h2-6,8-9,17H,7,10H2,1H3. The second-order valence-corrected chi connectivity index (χ2v) is 4.35. The molecule has 1 heterocycles. The molecule has 17 heavy (non-hydrogen) atoms. The first-order chi connectivity index (χ1) is 8.27. The van der Waals surface area contributed by atoms with Gasteiger partial charge in [0, 0.05) is 29.6 Å². The van der Waals surface area contributed by atoms with E-state index in [0.29, 0.717) is 0 Å². The lowest BCUT2D eigenvalue weighted by Gasteiger charge is -2.10. The molecule has 0 saturated carbocycles. The minimum absolute atomic E-state index is 0.805. The highest BCUT2D eigenvalue weighted by Gasteiger charge is 2.00. The molecular weight excluding hydrogens is 232 g/mol. The van der Waals surface area contributed by atoms with Gasteiger partial charge in [-0.25, -0.2) is 0 Å². The number of nitrogens with zero attached hydrogens (tertiary/aromatic N) is 1. The topological polar surface area (TPSA) is 24.9 Å². The summed E-state index contributed by atoms with van der Waals surface area (Å²) < 4.78 is 0. The Balaban J connectivity index is 1.93. The summed E-state index contributed by atoms with van der Waals surface area (Å²) in [6.07, 6.45) is 4.62. The zero-order chi connectivity index (χ0) is 12.1. The van der Waals surface area contributed by atoms with Gasteiger partial charge in [-0.15, -0.1) is 0 Å². The summed E-state index contributed by atoms with van der Waals surface area (Å²) in [5.41, 5.74) is 3.49. The van der Waals surface area contributed by atoms with Gasteiger partial charge in [-0.1, -0.05) is 17.7 Å². The second kappa shape index (κ2) is 5.69. The van der Waals surface area contributed by atoms with Gasteiger partial charge >= 0.3 is 0 Å². The lowest BCUT2D eigenvalue weighted by molar-refractivity contribution is 1.01. The SMILES string of the molecule is Cc1c(Cl)cccc1NCCc1ccncc1. The van der Waals surface area contributed by atoms with Crippen LogP contribution in [0.1, 0.15) is 11.1 Å². The Morgan fingerprint density at radius 2 is 1.94 bits per heavy atom. The van der Waals surface area contributed by atoms with Crippen molar-refractivity contribution in [1.82, 2.24) is 4.98 Å². The van der Waals surface area contributed by atoms with Crippen molar-refractivity contribution < 1.29 is 0 Å². The Kier molecular flexibility index (Phi) is 3.99. The minimum atomic E-state index is 0.805. The quantitative estimate of drug-likeness (QED) is 0.890. The van der Waals surface area contributed by atoms with Gasteiger partial charge < -0.3 is 5.32 Å². The van der Waals surface area contributed by atoms with E-state index in [0.717, 1.165) is 29.2 Å². The van der Waals surface area contributed by atoms with E-state index < -0.39 is 0 Å². The molecule has 2 aromatic rings. The zero-order valence-corrected chi connectivity index (χ0v) is 10.5. The summed E-state index contributed by atoms with van der Waals surface area (Å²) in [7, 11) is 0. The van der Waals surface area contributed by atoms with E-state index in [9.17, 15) is 0 Å². The van der Waals surface area contributed by atoms with Gasteiger partial charge in [0.15, 0.2) is 0 Å². The maximum Gasteiger partial charge on any atom is 0.0455 e. The predicted molar refractivity (Wildman–Crippen MR) is 72.6 cm³/mol. The van der Waals surface area contributed by atoms with Crippen LogP contribution in [0.3, 0.4) is 0 Å². The Labute approximate surface area is 107 Å². The molecule has 0 spiro atoms. The predicted octanol–water partition coefficient (Wildman–Crippen LogP) is 3.70. The Morgan fingerprint density at radius 3 is 2.71 bits per heavy atom. The van der Waals surface area contributed by atoms with E-state index >= 15 is 0 Å². The van der Waals surface area contributed by atoms with Crippen LogP contribution in [-0.2, 0) is 6.42 Å². The lowest BCUT2D eigenvalue weighted by atomic mass is 10.1. The van der Waals surface area contributed by atoms with Gasteiger partial charge in [0.05, 0.1) is 0 Å². The summed E-state index contributed by atoms with van der Waals surface area (Å²) in [6.45, 7) is 2.92. The highest BCUT2D eigenvalue weighted by molar-refractivity contribution is 6.31. The number of halogens is 1. The first kappa shape index (κ1) is 11.9. The van der Waals surface area contributed by atoms with Crippen LogP contribution in [0.5, 0.6) is 0 Å². The Hall–Kier alpha value is -1.54. The van der Waals surface area contributed by atoms with Crippen molar-refractivity contribution in [3.63, 3.8) is 0 Å². The van der Waals surface area contributed by atoms with Crippen LogP contribution in [0, 0.1) is 6.92 Å². The summed E-state index contributed by atoms with van der Waals surface area (Å²) >= 11 is 6.06. The average molecular weight is 247 g/mol. The molecule has 0 atom stereocenters. The van der Waals surface area contributed by atoms with E-state index in [1.54, 1.807) is 0 Å². The molecule has 0 fully saturated rings. The van der Waals surface area contributed by atoms with Gasteiger partial charge in [0.2, 0.25) is 0 Å². The van der Waals surface area contributed by atoms with Crippen molar-refractivity contribution in [2.24, 2.45) is 0 Å². The molecule has 0 saturated heterocycles. The zero-order valence-electron chi connectivity index (χ0n) is 9.78. The van der Waals surface area contributed by atoms with E-state index in [1.165, 1.54) is 5.56 Å². The third-order valence-corrected chi connectivity index (χ3v) is 3.16. The van der Waals surface area contributed by atoms with Crippen LogP contribution in [0.25, 0.3) is 0 Å². The fraction of sp³-hybridized carbons (Fsp3) is 0.214. The molecule has 0 aliphatic rings. The van der Waals surface area contributed by atoms with Crippen molar-refractivity contribution >= 4 is 17.3 Å². The fourth-order valence-corrected chi connectivity index (χ4v) is 1.86. The van der Waals surface area contributed by atoms with Gasteiger partial charge in [-0.05, 0) is 48.7 Å². The molecule has 88 valence electrons. The maximum atomic E-state index is 6.06. The number of pyridine rings is 1. The number of aromatic nitrogens is 1. The van der Waals surface area contributed by atoms with Crippen molar-refractivity contribution in [1.29, 1.82) is 0 Å². The van der Waals surface area contributed by atoms with E-state index in [2.05, 4.69) is 10.3 Å². The number of hydrogen-bond acceptors (Lipinski definition) is 2. The van der Waals surface area contributed by atoms with Crippen molar-refractivity contribution in [2.45, 2.75) is 13.3 Å². The molecule has 2 rings (SSSR count). The van der Waals surface area contributed by atoms with Crippen LogP contribution in [0.15, 0.2) is 42.7 Å². The molecular formula is C14H15ClN2. The summed E-state index contributed by atoms with van der Waals surface area (Å²) in [5, 5.41) is 4.20. The summed E-state index contributed by atoms with van der Waals surface area (Å²) in [6, 6.07) is 9.99.